The SMILES string of the molecule is CCc1nc(CN2CCN(Cc3ccccc3)C(=O)C2C)no1. The predicted octanol–water partition coefficient (Wildman–Crippen LogP) is 1.86. The van der Waals surface area contributed by atoms with Gasteiger partial charge in [0.2, 0.25) is 11.8 Å². The fourth-order valence-corrected chi connectivity index (χ4v) is 2.83. The van der Waals surface area contributed by atoms with Crippen molar-refractivity contribution in [3.8, 4) is 0 Å². The van der Waals surface area contributed by atoms with Crippen LogP contribution in [0.3, 0.4) is 0 Å². The Bertz CT molecular complexity index is 656. The summed E-state index contributed by atoms with van der Waals surface area (Å²) in [7, 11) is 0. The highest BCUT2D eigenvalue weighted by Gasteiger charge is 2.32. The van der Waals surface area contributed by atoms with E-state index in [1.807, 2.05) is 36.9 Å². The van der Waals surface area contributed by atoms with Crippen LogP contribution in [-0.4, -0.2) is 45.0 Å². The summed E-state index contributed by atoms with van der Waals surface area (Å²) in [6.45, 7) is 6.67. The number of hydrogen-bond donors (Lipinski definition) is 0. The topological polar surface area (TPSA) is 62.5 Å². The zero-order chi connectivity index (χ0) is 16.2. The first-order valence-electron chi connectivity index (χ1n) is 8.05. The molecule has 1 unspecified atom stereocenters. The molecule has 1 saturated heterocycles. The van der Waals surface area contributed by atoms with E-state index in [1.54, 1.807) is 0 Å². The van der Waals surface area contributed by atoms with Gasteiger partial charge in [0.1, 0.15) is 0 Å². The maximum atomic E-state index is 12.6. The third-order valence-electron chi connectivity index (χ3n) is 4.25. The lowest BCUT2D eigenvalue weighted by molar-refractivity contribution is -0.142. The van der Waals surface area contributed by atoms with Crippen LogP contribution in [0.15, 0.2) is 34.9 Å². The van der Waals surface area contributed by atoms with Crippen molar-refractivity contribution in [2.75, 3.05) is 13.1 Å². The van der Waals surface area contributed by atoms with Crippen molar-refractivity contribution in [2.45, 2.75) is 39.4 Å². The van der Waals surface area contributed by atoms with E-state index in [0.29, 0.717) is 24.8 Å². The molecule has 2 heterocycles. The minimum atomic E-state index is -0.170. The summed E-state index contributed by atoms with van der Waals surface area (Å²) >= 11 is 0. The number of amides is 1. The molecule has 0 saturated carbocycles. The lowest BCUT2D eigenvalue weighted by Crippen LogP contribution is -2.55. The average Bonchev–Trinajstić information content (AvgIpc) is 3.03. The zero-order valence-corrected chi connectivity index (χ0v) is 13.6. The van der Waals surface area contributed by atoms with Crippen LogP contribution < -0.4 is 0 Å². The summed E-state index contributed by atoms with van der Waals surface area (Å²) < 4.78 is 5.13. The standard InChI is InChI=1S/C17H22N4O2/c1-3-16-18-15(19-23-16)12-20-9-10-21(17(22)13(20)2)11-14-7-5-4-6-8-14/h4-8,13H,3,9-12H2,1-2H3. The Morgan fingerprint density at radius 2 is 2.00 bits per heavy atom. The van der Waals surface area contributed by atoms with E-state index < -0.39 is 0 Å². The smallest absolute Gasteiger partial charge is 0.239 e. The van der Waals surface area contributed by atoms with E-state index >= 15 is 0 Å². The molecule has 1 amide bonds. The molecule has 1 fully saturated rings. The van der Waals surface area contributed by atoms with Crippen LogP contribution in [0.1, 0.15) is 31.1 Å². The summed E-state index contributed by atoms with van der Waals surface area (Å²) in [4.78, 5) is 21.0. The van der Waals surface area contributed by atoms with Crippen LogP contribution >= 0.6 is 0 Å². The normalized spacial score (nSPS) is 19.3. The number of benzene rings is 1. The van der Waals surface area contributed by atoms with Crippen molar-refractivity contribution >= 4 is 5.91 Å². The Hall–Kier alpha value is -2.21. The minimum absolute atomic E-state index is 0.152. The molecule has 0 aliphatic carbocycles. The van der Waals surface area contributed by atoms with E-state index in [0.717, 1.165) is 25.1 Å². The fourth-order valence-electron chi connectivity index (χ4n) is 2.83. The number of carbonyl (C=O) groups excluding carboxylic acids is 1. The monoisotopic (exact) mass is 314 g/mol. The number of aromatic nitrogens is 2. The molecule has 2 aromatic rings. The van der Waals surface area contributed by atoms with Crippen molar-refractivity contribution in [3.05, 3.63) is 47.6 Å². The second-order valence-corrected chi connectivity index (χ2v) is 5.85. The average molecular weight is 314 g/mol. The quantitative estimate of drug-likeness (QED) is 0.843. The minimum Gasteiger partial charge on any atom is -0.339 e. The summed E-state index contributed by atoms with van der Waals surface area (Å²) in [6.07, 6.45) is 0.729. The molecule has 0 N–H and O–H groups in total. The van der Waals surface area contributed by atoms with E-state index in [-0.39, 0.29) is 11.9 Å². The fraction of sp³-hybridized carbons (Fsp3) is 0.471. The van der Waals surface area contributed by atoms with Gasteiger partial charge in [-0.3, -0.25) is 9.69 Å². The molecule has 1 aliphatic heterocycles. The lowest BCUT2D eigenvalue weighted by Gasteiger charge is -2.38. The zero-order valence-electron chi connectivity index (χ0n) is 13.6. The molecule has 6 nitrogen and oxygen atoms in total. The van der Waals surface area contributed by atoms with Gasteiger partial charge in [0.05, 0.1) is 12.6 Å². The third kappa shape index (κ3) is 3.59. The van der Waals surface area contributed by atoms with Gasteiger partial charge >= 0.3 is 0 Å². The Morgan fingerprint density at radius 3 is 2.70 bits per heavy atom. The van der Waals surface area contributed by atoms with Gasteiger partial charge in [-0.2, -0.15) is 4.98 Å². The Labute approximate surface area is 136 Å². The van der Waals surface area contributed by atoms with Gasteiger partial charge in [0, 0.05) is 26.1 Å². The number of piperazine rings is 1. The maximum absolute atomic E-state index is 12.6. The van der Waals surface area contributed by atoms with Crippen LogP contribution in [0.4, 0.5) is 0 Å². The van der Waals surface area contributed by atoms with Crippen molar-refractivity contribution in [3.63, 3.8) is 0 Å². The number of nitrogens with zero attached hydrogens (tertiary/aromatic N) is 4. The van der Waals surface area contributed by atoms with Crippen LogP contribution in [0.2, 0.25) is 0 Å². The molecule has 6 heteroatoms. The van der Waals surface area contributed by atoms with E-state index in [1.165, 1.54) is 0 Å². The molecule has 1 aromatic carbocycles. The highest BCUT2D eigenvalue weighted by atomic mass is 16.5. The first-order valence-corrected chi connectivity index (χ1v) is 8.05. The number of aryl methyl sites for hydroxylation is 1. The summed E-state index contributed by atoms with van der Waals surface area (Å²) in [5.74, 6) is 1.44. The molecule has 0 spiro atoms. The molecule has 0 bridgehead atoms. The summed E-state index contributed by atoms with van der Waals surface area (Å²) in [5.41, 5.74) is 1.16. The summed E-state index contributed by atoms with van der Waals surface area (Å²) in [6, 6.07) is 9.92. The van der Waals surface area contributed by atoms with E-state index in [4.69, 9.17) is 4.52 Å². The molecular formula is C17H22N4O2. The van der Waals surface area contributed by atoms with Gasteiger partial charge in [-0.05, 0) is 12.5 Å². The van der Waals surface area contributed by atoms with Crippen molar-refractivity contribution in [2.24, 2.45) is 0 Å². The van der Waals surface area contributed by atoms with Crippen LogP contribution in [-0.2, 0) is 24.3 Å². The van der Waals surface area contributed by atoms with E-state index in [9.17, 15) is 4.79 Å². The number of hydrogen-bond acceptors (Lipinski definition) is 5. The van der Waals surface area contributed by atoms with Crippen LogP contribution in [0.5, 0.6) is 0 Å². The Balaban J connectivity index is 1.61. The molecular weight excluding hydrogens is 292 g/mol. The van der Waals surface area contributed by atoms with Gasteiger partial charge in [-0.25, -0.2) is 0 Å². The highest BCUT2D eigenvalue weighted by Crippen LogP contribution is 2.16. The number of rotatable bonds is 5. The first kappa shape index (κ1) is 15.7. The van der Waals surface area contributed by atoms with Gasteiger partial charge in [-0.1, -0.05) is 42.4 Å². The van der Waals surface area contributed by atoms with Gasteiger partial charge in [0.15, 0.2) is 5.82 Å². The van der Waals surface area contributed by atoms with E-state index in [2.05, 4.69) is 27.2 Å². The van der Waals surface area contributed by atoms with Crippen molar-refractivity contribution in [1.29, 1.82) is 0 Å². The molecule has 0 radical (unpaired) electrons. The van der Waals surface area contributed by atoms with Crippen LogP contribution in [0, 0.1) is 0 Å². The highest BCUT2D eigenvalue weighted by molar-refractivity contribution is 5.82. The van der Waals surface area contributed by atoms with Crippen molar-refractivity contribution < 1.29 is 9.32 Å². The molecule has 122 valence electrons. The first-order chi connectivity index (χ1) is 11.2. The second kappa shape index (κ2) is 6.91. The van der Waals surface area contributed by atoms with Gasteiger partial charge in [0.25, 0.3) is 0 Å². The Morgan fingerprint density at radius 1 is 1.22 bits per heavy atom. The molecule has 1 aliphatic rings. The van der Waals surface area contributed by atoms with Crippen LogP contribution in [0.25, 0.3) is 0 Å². The second-order valence-electron chi connectivity index (χ2n) is 5.85. The molecule has 23 heavy (non-hydrogen) atoms. The molecule has 1 atom stereocenters. The Kier molecular flexibility index (Phi) is 4.71. The van der Waals surface area contributed by atoms with Crippen molar-refractivity contribution in [1.82, 2.24) is 19.9 Å². The summed E-state index contributed by atoms with van der Waals surface area (Å²) in [5, 5.41) is 3.97. The molecule has 1 aromatic heterocycles. The predicted molar refractivity (Wildman–Crippen MR) is 85.4 cm³/mol. The maximum Gasteiger partial charge on any atom is 0.239 e. The largest absolute Gasteiger partial charge is 0.339 e. The molecule has 3 rings (SSSR count). The third-order valence-corrected chi connectivity index (χ3v) is 4.25. The lowest BCUT2D eigenvalue weighted by atomic mass is 10.1. The van der Waals surface area contributed by atoms with Gasteiger partial charge in [-0.15, -0.1) is 0 Å². The van der Waals surface area contributed by atoms with Gasteiger partial charge < -0.3 is 9.42 Å². The number of carbonyl (C=O) groups is 1.